The van der Waals surface area contributed by atoms with Gasteiger partial charge >= 0.3 is 0 Å². The number of nitrogens with zero attached hydrogens (tertiary/aromatic N) is 3. The number of pyridine rings is 1. The number of hydrogen-bond acceptors (Lipinski definition) is 5. The van der Waals surface area contributed by atoms with Gasteiger partial charge in [0.2, 0.25) is 0 Å². The molecule has 0 aliphatic rings. The molecule has 3 N–H and O–H groups in total. The number of hydrogen-bond donors (Lipinski definition) is 3. The smallest absolute Gasteiger partial charge is 0.160 e. The van der Waals surface area contributed by atoms with E-state index >= 15 is 0 Å². The summed E-state index contributed by atoms with van der Waals surface area (Å²) in [7, 11) is 0. The molecule has 4 aromatic rings. The Hall–Kier alpha value is -3.43. The molecule has 25 heavy (non-hydrogen) atoms. The maximum absolute atomic E-state index is 9.61. The highest BCUT2D eigenvalue weighted by atomic mass is 16.3. The molecule has 2 heterocycles. The second kappa shape index (κ2) is 5.89. The average Bonchev–Trinajstić information content (AvgIpc) is 3.03. The monoisotopic (exact) mass is 329 g/mol. The van der Waals surface area contributed by atoms with Crippen molar-refractivity contribution in [3.8, 4) is 6.07 Å². The molecule has 0 fully saturated rings. The van der Waals surface area contributed by atoms with E-state index in [1.165, 1.54) is 0 Å². The molecule has 0 saturated heterocycles. The second-order valence-corrected chi connectivity index (χ2v) is 5.85. The van der Waals surface area contributed by atoms with Crippen LogP contribution in [0.15, 0.2) is 42.5 Å². The molecule has 0 amide bonds. The average molecular weight is 329 g/mol. The molecule has 0 saturated carbocycles. The van der Waals surface area contributed by atoms with Gasteiger partial charge in [-0.1, -0.05) is 12.1 Å². The van der Waals surface area contributed by atoms with Gasteiger partial charge in [0, 0.05) is 16.5 Å². The lowest BCUT2D eigenvalue weighted by molar-refractivity contribution is 0.283. The number of benzene rings is 2. The van der Waals surface area contributed by atoms with Crippen molar-refractivity contribution in [2.24, 2.45) is 0 Å². The van der Waals surface area contributed by atoms with Crippen LogP contribution < -0.4 is 5.32 Å². The van der Waals surface area contributed by atoms with Crippen LogP contribution in [0.25, 0.3) is 21.8 Å². The summed E-state index contributed by atoms with van der Waals surface area (Å²) >= 11 is 0. The maximum atomic E-state index is 9.61. The van der Waals surface area contributed by atoms with E-state index in [4.69, 9.17) is 5.26 Å². The van der Waals surface area contributed by atoms with E-state index in [1.807, 2.05) is 37.3 Å². The second-order valence-electron chi connectivity index (χ2n) is 5.85. The van der Waals surface area contributed by atoms with Gasteiger partial charge in [-0.2, -0.15) is 10.4 Å². The van der Waals surface area contributed by atoms with Gasteiger partial charge in [-0.15, -0.1) is 0 Å². The maximum Gasteiger partial charge on any atom is 0.160 e. The Balaban J connectivity index is 1.87. The molecule has 0 aliphatic heterocycles. The summed E-state index contributed by atoms with van der Waals surface area (Å²) in [4.78, 5) is 4.61. The Morgan fingerprint density at radius 2 is 2.08 bits per heavy atom. The van der Waals surface area contributed by atoms with Crippen molar-refractivity contribution in [3.63, 3.8) is 0 Å². The number of aromatic amines is 1. The summed E-state index contributed by atoms with van der Waals surface area (Å²) in [5.41, 5.74) is 4.67. The summed E-state index contributed by atoms with van der Waals surface area (Å²) < 4.78 is 0. The SMILES string of the molecule is Cc1cc(CO)c2cccc(Nc3n[nH]c4ccc(C#N)cc34)c2n1. The van der Waals surface area contributed by atoms with Gasteiger partial charge in [-0.3, -0.25) is 10.1 Å². The summed E-state index contributed by atoms with van der Waals surface area (Å²) in [6.45, 7) is 1.86. The number of para-hydroxylation sites is 1. The number of nitrogens with one attached hydrogen (secondary N) is 2. The van der Waals surface area contributed by atoms with E-state index in [2.05, 4.69) is 26.6 Å². The normalized spacial score (nSPS) is 10.9. The molecule has 2 aromatic heterocycles. The van der Waals surface area contributed by atoms with Crippen molar-refractivity contribution >= 4 is 33.3 Å². The van der Waals surface area contributed by atoms with Crippen molar-refractivity contribution in [1.82, 2.24) is 15.2 Å². The van der Waals surface area contributed by atoms with Gasteiger partial charge in [0.05, 0.1) is 35.0 Å². The first-order valence-corrected chi connectivity index (χ1v) is 7.85. The quantitative estimate of drug-likeness (QED) is 0.534. The van der Waals surface area contributed by atoms with Crippen molar-refractivity contribution in [1.29, 1.82) is 5.26 Å². The molecule has 0 spiro atoms. The summed E-state index contributed by atoms with van der Waals surface area (Å²) in [5.74, 6) is 0.633. The molecule has 6 nitrogen and oxygen atoms in total. The van der Waals surface area contributed by atoms with E-state index in [0.717, 1.165) is 38.8 Å². The van der Waals surface area contributed by atoms with E-state index in [0.29, 0.717) is 11.4 Å². The number of fused-ring (bicyclic) bond motifs is 2. The van der Waals surface area contributed by atoms with Crippen LogP contribution in [0.1, 0.15) is 16.8 Å². The van der Waals surface area contributed by atoms with Crippen LogP contribution in [0.5, 0.6) is 0 Å². The Bertz CT molecular complexity index is 1140. The number of aliphatic hydroxyl groups is 1. The third kappa shape index (κ3) is 2.57. The molecule has 2 aromatic carbocycles. The van der Waals surface area contributed by atoms with E-state index in [1.54, 1.807) is 12.1 Å². The van der Waals surface area contributed by atoms with Gasteiger partial charge in [0.15, 0.2) is 5.82 Å². The fraction of sp³-hybridized carbons (Fsp3) is 0.105. The Kier molecular flexibility index (Phi) is 3.56. The zero-order valence-electron chi connectivity index (χ0n) is 13.5. The fourth-order valence-electron chi connectivity index (χ4n) is 3.00. The van der Waals surface area contributed by atoms with Crippen LogP contribution in [-0.4, -0.2) is 20.3 Å². The zero-order chi connectivity index (χ0) is 17.4. The van der Waals surface area contributed by atoms with E-state index < -0.39 is 0 Å². The van der Waals surface area contributed by atoms with E-state index in [-0.39, 0.29) is 6.61 Å². The zero-order valence-corrected chi connectivity index (χ0v) is 13.5. The third-order valence-corrected chi connectivity index (χ3v) is 4.17. The predicted octanol–water partition coefficient (Wildman–Crippen LogP) is 3.53. The molecular formula is C19H15N5O. The number of aryl methyl sites for hydroxylation is 1. The first kappa shape index (κ1) is 15.1. The summed E-state index contributed by atoms with van der Waals surface area (Å²) in [5, 5.41) is 31.0. The molecule has 122 valence electrons. The Morgan fingerprint density at radius 1 is 1.20 bits per heavy atom. The molecule has 0 aliphatic carbocycles. The number of anilines is 2. The van der Waals surface area contributed by atoms with Gasteiger partial charge in [0.25, 0.3) is 0 Å². The molecule has 4 rings (SSSR count). The van der Waals surface area contributed by atoms with Crippen molar-refractivity contribution in [2.45, 2.75) is 13.5 Å². The topological polar surface area (TPSA) is 97.6 Å². The van der Waals surface area contributed by atoms with Crippen molar-refractivity contribution in [2.75, 3.05) is 5.32 Å². The first-order chi connectivity index (χ1) is 12.2. The fourth-order valence-corrected chi connectivity index (χ4v) is 3.00. The first-order valence-electron chi connectivity index (χ1n) is 7.85. The Labute approximate surface area is 143 Å². The van der Waals surface area contributed by atoms with Crippen LogP contribution in [-0.2, 0) is 6.61 Å². The molecule has 0 radical (unpaired) electrons. The largest absolute Gasteiger partial charge is 0.392 e. The number of aromatic nitrogens is 3. The highest BCUT2D eigenvalue weighted by Gasteiger charge is 2.11. The van der Waals surface area contributed by atoms with Gasteiger partial charge in [-0.25, -0.2) is 0 Å². The van der Waals surface area contributed by atoms with Gasteiger partial charge in [0.1, 0.15) is 0 Å². The molecule has 0 bridgehead atoms. The van der Waals surface area contributed by atoms with Crippen molar-refractivity contribution in [3.05, 3.63) is 59.3 Å². The minimum atomic E-state index is -0.0415. The highest BCUT2D eigenvalue weighted by Crippen LogP contribution is 2.30. The number of aliphatic hydroxyl groups excluding tert-OH is 1. The standard InChI is InChI=1S/C19H15N5O/c1-11-7-13(10-25)14-3-2-4-17(18(14)21-11)22-19-15-8-12(9-20)5-6-16(15)23-24-19/h2-8,25H,10H2,1H3,(H2,22,23,24). The van der Waals surface area contributed by atoms with Crippen LogP contribution in [0.3, 0.4) is 0 Å². The minimum absolute atomic E-state index is 0.0415. The number of nitriles is 1. The highest BCUT2D eigenvalue weighted by molar-refractivity contribution is 5.98. The lowest BCUT2D eigenvalue weighted by Crippen LogP contribution is -1.97. The number of rotatable bonds is 3. The Morgan fingerprint density at radius 3 is 2.88 bits per heavy atom. The summed E-state index contributed by atoms with van der Waals surface area (Å²) in [6.07, 6.45) is 0. The third-order valence-electron chi connectivity index (χ3n) is 4.17. The van der Waals surface area contributed by atoms with Crippen LogP contribution in [0.4, 0.5) is 11.5 Å². The van der Waals surface area contributed by atoms with Gasteiger partial charge < -0.3 is 10.4 Å². The van der Waals surface area contributed by atoms with Crippen molar-refractivity contribution < 1.29 is 5.11 Å². The van der Waals surface area contributed by atoms with E-state index in [9.17, 15) is 5.11 Å². The van der Waals surface area contributed by atoms with Crippen LogP contribution >= 0.6 is 0 Å². The minimum Gasteiger partial charge on any atom is -0.392 e. The van der Waals surface area contributed by atoms with Crippen LogP contribution in [0.2, 0.25) is 0 Å². The lowest BCUT2D eigenvalue weighted by Gasteiger charge is -2.11. The molecule has 0 unspecified atom stereocenters. The van der Waals surface area contributed by atoms with Crippen LogP contribution in [0, 0.1) is 18.3 Å². The predicted molar refractivity (Wildman–Crippen MR) is 96.5 cm³/mol. The lowest BCUT2D eigenvalue weighted by atomic mass is 10.1. The van der Waals surface area contributed by atoms with Gasteiger partial charge in [-0.05, 0) is 42.8 Å². The summed E-state index contributed by atoms with van der Waals surface area (Å²) in [6, 6.07) is 15.2. The molecular weight excluding hydrogens is 314 g/mol. The molecule has 6 heteroatoms. The molecule has 0 atom stereocenters. The number of H-pyrrole nitrogens is 1.